The van der Waals surface area contributed by atoms with Crippen molar-refractivity contribution in [3.8, 4) is 11.5 Å². The van der Waals surface area contributed by atoms with E-state index in [1.165, 1.54) is 29.4 Å². The summed E-state index contributed by atoms with van der Waals surface area (Å²) in [5.41, 5.74) is 1.34. The van der Waals surface area contributed by atoms with Crippen molar-refractivity contribution in [3.05, 3.63) is 70.9 Å². The van der Waals surface area contributed by atoms with Crippen LogP contribution < -0.4 is 14.8 Å². The van der Waals surface area contributed by atoms with Crippen LogP contribution in [0.25, 0.3) is 12.2 Å². The Balaban J connectivity index is 1.28. The summed E-state index contributed by atoms with van der Waals surface area (Å²) in [6, 6.07) is 11.6. The van der Waals surface area contributed by atoms with Gasteiger partial charge in [0.25, 0.3) is 0 Å². The highest BCUT2D eigenvalue weighted by Crippen LogP contribution is 2.33. The number of rotatable bonds is 7. The van der Waals surface area contributed by atoms with Gasteiger partial charge in [-0.05, 0) is 55.7 Å². The molecule has 0 bridgehead atoms. The second-order valence-electron chi connectivity index (χ2n) is 8.92. The van der Waals surface area contributed by atoms with E-state index >= 15 is 0 Å². The van der Waals surface area contributed by atoms with Crippen LogP contribution in [0.3, 0.4) is 0 Å². The molecule has 1 N–H and O–H groups in total. The molecule has 5 rings (SSSR count). The smallest absolute Gasteiger partial charge is 0.248 e. The molecule has 194 valence electrons. The van der Waals surface area contributed by atoms with Gasteiger partial charge in [-0.3, -0.25) is 4.79 Å². The monoisotopic (exact) mass is 527 g/mol. The average Bonchev–Trinajstić information content (AvgIpc) is 3.53. The topological polar surface area (TPSA) is 111 Å². The zero-order chi connectivity index (χ0) is 26.0. The van der Waals surface area contributed by atoms with Gasteiger partial charge in [0.2, 0.25) is 22.7 Å². The fraction of sp³-hybridized carbons (Fsp3) is 0.308. The van der Waals surface area contributed by atoms with Gasteiger partial charge in [0.05, 0.1) is 5.92 Å². The highest BCUT2D eigenvalue weighted by atomic mass is 32.2. The van der Waals surface area contributed by atoms with Crippen molar-refractivity contribution in [1.29, 1.82) is 0 Å². The molecule has 0 saturated carbocycles. The predicted molar refractivity (Wildman–Crippen MR) is 132 cm³/mol. The quantitative estimate of drug-likeness (QED) is 0.498. The van der Waals surface area contributed by atoms with Gasteiger partial charge in [-0.15, -0.1) is 0 Å². The molecule has 1 fully saturated rings. The molecule has 3 heterocycles. The minimum Gasteiger partial charge on any atom is -0.454 e. The summed E-state index contributed by atoms with van der Waals surface area (Å²) in [5, 5.41) is 6.73. The van der Waals surface area contributed by atoms with Crippen LogP contribution in [0.1, 0.15) is 35.4 Å². The zero-order valence-corrected chi connectivity index (χ0v) is 21.0. The standard InChI is InChI=1S/C26H26FN3O6S/c1-17-25(23(36-29-17)11-9-19-5-2-3-7-21(19)27)37(32,33)30-12-4-6-20(15-30)26(31)28-14-18-8-10-22-24(13-18)35-16-34-22/h2-3,5,7-11,13,20H,4,6,12,14-16H2,1H3,(H,28,31)/b11-9+/t20-/m0/s1. The van der Waals surface area contributed by atoms with Crippen molar-refractivity contribution < 1.29 is 31.6 Å². The molecule has 0 radical (unpaired) electrons. The fourth-order valence-corrected chi connectivity index (χ4v) is 6.24. The summed E-state index contributed by atoms with van der Waals surface area (Å²) in [6.45, 7) is 2.31. The van der Waals surface area contributed by atoms with Crippen LogP contribution in [0, 0.1) is 18.7 Å². The molecule has 2 aliphatic rings. The summed E-state index contributed by atoms with van der Waals surface area (Å²) in [5.74, 6) is 0.135. The van der Waals surface area contributed by atoms with E-state index in [2.05, 4.69) is 10.5 Å². The first-order valence-electron chi connectivity index (χ1n) is 11.9. The Hall–Kier alpha value is -3.70. The van der Waals surface area contributed by atoms with Crippen LogP contribution in [-0.4, -0.2) is 43.7 Å². The second kappa shape index (κ2) is 10.3. The van der Waals surface area contributed by atoms with E-state index in [1.807, 2.05) is 12.1 Å². The molecule has 3 aromatic rings. The molecule has 1 saturated heterocycles. The lowest BCUT2D eigenvalue weighted by Gasteiger charge is -2.31. The highest BCUT2D eigenvalue weighted by molar-refractivity contribution is 7.89. The Labute approximate surface area is 213 Å². The number of fused-ring (bicyclic) bond motifs is 1. The van der Waals surface area contributed by atoms with Gasteiger partial charge in [0, 0.05) is 25.2 Å². The van der Waals surface area contributed by atoms with E-state index in [9.17, 15) is 17.6 Å². The number of carbonyl (C=O) groups is 1. The number of piperidine rings is 1. The Morgan fingerprint density at radius 3 is 2.84 bits per heavy atom. The summed E-state index contributed by atoms with van der Waals surface area (Å²) in [6.07, 6.45) is 3.94. The van der Waals surface area contributed by atoms with Crippen LogP contribution in [0.2, 0.25) is 0 Å². The van der Waals surface area contributed by atoms with E-state index in [0.717, 1.165) is 5.56 Å². The third-order valence-electron chi connectivity index (χ3n) is 6.41. The molecular formula is C26H26FN3O6S. The molecule has 0 aliphatic carbocycles. The number of nitrogens with zero attached hydrogens (tertiary/aromatic N) is 2. The van der Waals surface area contributed by atoms with Crippen LogP contribution >= 0.6 is 0 Å². The number of benzene rings is 2. The lowest BCUT2D eigenvalue weighted by atomic mass is 9.98. The molecule has 0 spiro atoms. The number of sulfonamides is 1. The molecule has 9 nitrogen and oxygen atoms in total. The van der Waals surface area contributed by atoms with E-state index in [-0.39, 0.29) is 54.2 Å². The predicted octanol–water partition coefficient (Wildman–Crippen LogP) is 3.74. The number of nitrogens with one attached hydrogen (secondary N) is 1. The van der Waals surface area contributed by atoms with E-state index in [1.54, 1.807) is 24.3 Å². The largest absolute Gasteiger partial charge is 0.454 e. The van der Waals surface area contributed by atoms with Crippen molar-refractivity contribution in [3.63, 3.8) is 0 Å². The molecular weight excluding hydrogens is 501 g/mol. The lowest BCUT2D eigenvalue weighted by Crippen LogP contribution is -2.45. The number of aromatic nitrogens is 1. The molecule has 1 atom stereocenters. The number of hydrogen-bond donors (Lipinski definition) is 1. The number of halogens is 1. The number of ether oxygens (including phenoxy) is 2. The lowest BCUT2D eigenvalue weighted by molar-refractivity contribution is -0.126. The van der Waals surface area contributed by atoms with Crippen molar-refractivity contribution in [2.45, 2.75) is 31.2 Å². The first-order valence-corrected chi connectivity index (χ1v) is 13.3. The maximum atomic E-state index is 14.0. The normalized spacial score (nSPS) is 17.8. The molecule has 2 aliphatic heterocycles. The molecule has 37 heavy (non-hydrogen) atoms. The second-order valence-corrected chi connectivity index (χ2v) is 10.8. The van der Waals surface area contributed by atoms with Crippen LogP contribution in [-0.2, 0) is 21.4 Å². The molecule has 1 aromatic heterocycles. The first kappa shape index (κ1) is 25.0. The van der Waals surface area contributed by atoms with Gasteiger partial charge in [0.1, 0.15) is 11.5 Å². The van der Waals surface area contributed by atoms with Gasteiger partial charge in [-0.2, -0.15) is 4.31 Å². The Bertz CT molecular complexity index is 1450. The Kier molecular flexibility index (Phi) is 6.98. The summed E-state index contributed by atoms with van der Waals surface area (Å²) >= 11 is 0. The summed E-state index contributed by atoms with van der Waals surface area (Å²) < 4.78 is 58.4. The SMILES string of the molecule is Cc1noc(/C=C/c2ccccc2F)c1S(=O)(=O)N1CCC[C@H](C(=O)NCc2ccc3c(c2)OCO3)C1. The minimum absolute atomic E-state index is 0.00939. The highest BCUT2D eigenvalue weighted by Gasteiger charge is 2.37. The van der Waals surface area contributed by atoms with Gasteiger partial charge < -0.3 is 19.3 Å². The van der Waals surface area contributed by atoms with Gasteiger partial charge in [-0.25, -0.2) is 12.8 Å². The molecule has 2 aromatic carbocycles. The maximum Gasteiger partial charge on any atom is 0.248 e. The van der Waals surface area contributed by atoms with Crippen molar-refractivity contribution in [2.75, 3.05) is 19.9 Å². The van der Waals surface area contributed by atoms with Crippen molar-refractivity contribution in [1.82, 2.24) is 14.8 Å². The number of carbonyl (C=O) groups excluding carboxylic acids is 1. The third kappa shape index (κ3) is 5.23. The maximum absolute atomic E-state index is 14.0. The third-order valence-corrected chi connectivity index (χ3v) is 8.43. The summed E-state index contributed by atoms with van der Waals surface area (Å²) in [7, 11) is -4.01. The van der Waals surface area contributed by atoms with Crippen LogP contribution in [0.15, 0.2) is 51.9 Å². The fourth-order valence-electron chi connectivity index (χ4n) is 4.46. The van der Waals surface area contributed by atoms with E-state index < -0.39 is 21.8 Å². The Morgan fingerprint density at radius 1 is 1.19 bits per heavy atom. The van der Waals surface area contributed by atoms with Crippen molar-refractivity contribution >= 4 is 28.1 Å². The van der Waals surface area contributed by atoms with Crippen LogP contribution in [0.4, 0.5) is 4.39 Å². The molecule has 1 amide bonds. The summed E-state index contributed by atoms with van der Waals surface area (Å²) in [4.78, 5) is 12.8. The minimum atomic E-state index is -4.01. The molecule has 0 unspecified atom stereocenters. The zero-order valence-electron chi connectivity index (χ0n) is 20.1. The van der Waals surface area contributed by atoms with Gasteiger partial charge in [-0.1, -0.05) is 29.4 Å². The van der Waals surface area contributed by atoms with Gasteiger partial charge in [0.15, 0.2) is 22.2 Å². The van der Waals surface area contributed by atoms with E-state index in [4.69, 9.17) is 14.0 Å². The molecule has 11 heteroatoms. The number of hydrogen-bond acceptors (Lipinski definition) is 7. The van der Waals surface area contributed by atoms with E-state index in [0.29, 0.717) is 24.3 Å². The van der Waals surface area contributed by atoms with Crippen molar-refractivity contribution in [2.24, 2.45) is 5.92 Å². The first-order chi connectivity index (χ1) is 17.8. The average molecular weight is 528 g/mol. The van der Waals surface area contributed by atoms with Gasteiger partial charge >= 0.3 is 0 Å². The van der Waals surface area contributed by atoms with Crippen LogP contribution in [0.5, 0.6) is 11.5 Å². The Morgan fingerprint density at radius 2 is 2.00 bits per heavy atom. The number of aryl methyl sites for hydroxylation is 1. The number of amides is 1.